The molecule has 1 unspecified atom stereocenters. The summed E-state index contributed by atoms with van der Waals surface area (Å²) in [5, 5.41) is 7.52. The number of hydrogen-bond donors (Lipinski definition) is 1. The van der Waals surface area contributed by atoms with Crippen molar-refractivity contribution in [2.45, 2.75) is 58.3 Å². The number of ether oxygens (including phenoxy) is 1. The van der Waals surface area contributed by atoms with Crippen molar-refractivity contribution in [3.05, 3.63) is 17.0 Å². The lowest BCUT2D eigenvalue weighted by molar-refractivity contribution is -0.150. The summed E-state index contributed by atoms with van der Waals surface area (Å²) in [5.41, 5.74) is 2.72. The van der Waals surface area contributed by atoms with Crippen molar-refractivity contribution >= 4 is 5.97 Å². The first kappa shape index (κ1) is 13.1. The Morgan fingerprint density at radius 1 is 1.56 bits per heavy atom. The highest BCUT2D eigenvalue weighted by Gasteiger charge is 2.43. The van der Waals surface area contributed by atoms with Gasteiger partial charge in [0.1, 0.15) is 5.41 Å². The number of nitrogens with zero attached hydrogens (tertiary/aromatic N) is 1. The Balaban J connectivity index is 2.42. The van der Waals surface area contributed by atoms with Crippen LogP contribution in [0.5, 0.6) is 0 Å². The van der Waals surface area contributed by atoms with Crippen molar-refractivity contribution in [3.63, 3.8) is 0 Å². The SMILES string of the molecule is CCOC(=O)C1(C)CCCc2c1n[nH]c2C(C)C. The molecule has 100 valence electrons. The molecule has 0 saturated heterocycles. The minimum absolute atomic E-state index is 0.146. The van der Waals surface area contributed by atoms with Crippen LogP contribution in [-0.2, 0) is 21.4 Å². The molecule has 4 heteroatoms. The number of H-pyrrole nitrogens is 1. The van der Waals surface area contributed by atoms with E-state index in [0.717, 1.165) is 25.0 Å². The zero-order chi connectivity index (χ0) is 13.3. The molecule has 1 aromatic rings. The van der Waals surface area contributed by atoms with Crippen LogP contribution in [0.4, 0.5) is 0 Å². The summed E-state index contributed by atoms with van der Waals surface area (Å²) in [6, 6.07) is 0. The van der Waals surface area contributed by atoms with Gasteiger partial charge in [-0.2, -0.15) is 5.10 Å². The average molecular weight is 250 g/mol. The van der Waals surface area contributed by atoms with Gasteiger partial charge >= 0.3 is 5.97 Å². The van der Waals surface area contributed by atoms with Gasteiger partial charge in [0.15, 0.2) is 0 Å². The maximum atomic E-state index is 12.2. The second kappa shape index (κ2) is 4.75. The molecule has 0 aliphatic heterocycles. The molecule has 0 amide bonds. The van der Waals surface area contributed by atoms with Crippen molar-refractivity contribution in [2.75, 3.05) is 6.61 Å². The van der Waals surface area contributed by atoms with Crippen LogP contribution in [0.25, 0.3) is 0 Å². The van der Waals surface area contributed by atoms with E-state index in [4.69, 9.17) is 4.74 Å². The Morgan fingerprint density at radius 3 is 2.89 bits per heavy atom. The molecular formula is C14H22N2O2. The molecule has 2 rings (SSSR count). The largest absolute Gasteiger partial charge is 0.465 e. The van der Waals surface area contributed by atoms with E-state index in [9.17, 15) is 4.79 Å². The standard InChI is InChI=1S/C14H22N2O2/c1-5-18-13(17)14(4)8-6-7-10-11(9(2)3)15-16-12(10)14/h9H,5-8H2,1-4H3,(H,15,16). The van der Waals surface area contributed by atoms with E-state index < -0.39 is 5.41 Å². The third-order valence-corrected chi connectivity index (χ3v) is 3.83. The number of carbonyl (C=O) groups excluding carboxylic acids is 1. The molecule has 0 aromatic carbocycles. The molecule has 1 aliphatic carbocycles. The molecule has 1 atom stereocenters. The first-order valence-electron chi connectivity index (χ1n) is 6.75. The normalized spacial score (nSPS) is 22.9. The highest BCUT2D eigenvalue weighted by Crippen LogP contribution is 2.39. The van der Waals surface area contributed by atoms with Crippen molar-refractivity contribution in [1.82, 2.24) is 10.2 Å². The monoisotopic (exact) mass is 250 g/mol. The summed E-state index contributed by atoms with van der Waals surface area (Å²) < 4.78 is 5.22. The first-order valence-corrected chi connectivity index (χ1v) is 6.75. The predicted octanol–water partition coefficient (Wildman–Crippen LogP) is 2.69. The lowest BCUT2D eigenvalue weighted by Crippen LogP contribution is -2.38. The number of aromatic amines is 1. The van der Waals surface area contributed by atoms with Crippen LogP contribution in [0.2, 0.25) is 0 Å². The van der Waals surface area contributed by atoms with Gasteiger partial charge in [0, 0.05) is 5.69 Å². The lowest BCUT2D eigenvalue weighted by atomic mass is 9.74. The summed E-state index contributed by atoms with van der Waals surface area (Å²) in [7, 11) is 0. The van der Waals surface area contributed by atoms with E-state index >= 15 is 0 Å². The van der Waals surface area contributed by atoms with Gasteiger partial charge in [-0.1, -0.05) is 13.8 Å². The van der Waals surface area contributed by atoms with Crippen LogP contribution in [0.1, 0.15) is 63.4 Å². The van der Waals surface area contributed by atoms with E-state index in [1.807, 2.05) is 13.8 Å². The Hall–Kier alpha value is -1.32. The third kappa shape index (κ3) is 1.93. The summed E-state index contributed by atoms with van der Waals surface area (Å²) in [6.45, 7) is 8.50. The fraction of sp³-hybridized carbons (Fsp3) is 0.714. The van der Waals surface area contributed by atoms with Gasteiger partial charge in [-0.25, -0.2) is 0 Å². The molecule has 0 bridgehead atoms. The maximum absolute atomic E-state index is 12.2. The minimum atomic E-state index is -0.576. The summed E-state index contributed by atoms with van der Waals surface area (Å²) in [6.07, 6.45) is 2.84. The van der Waals surface area contributed by atoms with Gasteiger partial charge in [0.2, 0.25) is 0 Å². The second-order valence-corrected chi connectivity index (χ2v) is 5.53. The zero-order valence-corrected chi connectivity index (χ0v) is 11.7. The Bertz CT molecular complexity index is 451. The van der Waals surface area contributed by atoms with Gasteiger partial charge in [-0.15, -0.1) is 0 Å². The Kier molecular flexibility index (Phi) is 3.46. The summed E-state index contributed by atoms with van der Waals surface area (Å²) in [4.78, 5) is 12.2. The van der Waals surface area contributed by atoms with E-state index in [-0.39, 0.29) is 5.97 Å². The second-order valence-electron chi connectivity index (χ2n) is 5.53. The molecule has 1 aromatic heterocycles. The summed E-state index contributed by atoms with van der Waals surface area (Å²) in [5.74, 6) is 0.263. The van der Waals surface area contributed by atoms with Crippen molar-refractivity contribution in [3.8, 4) is 0 Å². The van der Waals surface area contributed by atoms with E-state index in [1.165, 1.54) is 11.3 Å². The molecule has 1 heterocycles. The smallest absolute Gasteiger partial charge is 0.317 e. The number of esters is 1. The molecule has 0 fully saturated rings. The Labute approximate surface area is 108 Å². The van der Waals surface area contributed by atoms with Crippen LogP contribution < -0.4 is 0 Å². The highest BCUT2D eigenvalue weighted by atomic mass is 16.5. The number of hydrogen-bond acceptors (Lipinski definition) is 3. The van der Waals surface area contributed by atoms with Gasteiger partial charge in [-0.3, -0.25) is 9.89 Å². The molecule has 4 nitrogen and oxygen atoms in total. The van der Waals surface area contributed by atoms with Crippen LogP contribution >= 0.6 is 0 Å². The quantitative estimate of drug-likeness (QED) is 0.839. The molecule has 0 saturated carbocycles. The number of nitrogens with one attached hydrogen (secondary N) is 1. The van der Waals surface area contributed by atoms with Crippen LogP contribution in [0.15, 0.2) is 0 Å². The van der Waals surface area contributed by atoms with E-state index in [2.05, 4.69) is 24.0 Å². The molecule has 0 spiro atoms. The van der Waals surface area contributed by atoms with Crippen molar-refractivity contribution in [2.24, 2.45) is 0 Å². The number of rotatable bonds is 3. The van der Waals surface area contributed by atoms with Crippen LogP contribution in [0, 0.1) is 0 Å². The topological polar surface area (TPSA) is 55.0 Å². The number of aromatic nitrogens is 2. The lowest BCUT2D eigenvalue weighted by Gasteiger charge is -2.30. The molecular weight excluding hydrogens is 228 g/mol. The molecule has 1 aliphatic rings. The fourth-order valence-corrected chi connectivity index (χ4v) is 2.79. The number of fused-ring (bicyclic) bond motifs is 1. The van der Waals surface area contributed by atoms with Gasteiger partial charge in [0.25, 0.3) is 0 Å². The van der Waals surface area contributed by atoms with Crippen LogP contribution in [-0.4, -0.2) is 22.8 Å². The predicted molar refractivity (Wildman–Crippen MR) is 69.6 cm³/mol. The molecule has 18 heavy (non-hydrogen) atoms. The van der Waals surface area contributed by atoms with Crippen LogP contribution in [0.3, 0.4) is 0 Å². The maximum Gasteiger partial charge on any atom is 0.317 e. The van der Waals surface area contributed by atoms with Crippen molar-refractivity contribution < 1.29 is 9.53 Å². The molecule has 1 N–H and O–H groups in total. The van der Waals surface area contributed by atoms with E-state index in [1.54, 1.807) is 0 Å². The Morgan fingerprint density at radius 2 is 2.28 bits per heavy atom. The number of carbonyl (C=O) groups is 1. The summed E-state index contributed by atoms with van der Waals surface area (Å²) >= 11 is 0. The highest BCUT2D eigenvalue weighted by molar-refractivity contribution is 5.83. The zero-order valence-electron chi connectivity index (χ0n) is 11.7. The van der Waals surface area contributed by atoms with Gasteiger partial charge in [0.05, 0.1) is 12.3 Å². The fourth-order valence-electron chi connectivity index (χ4n) is 2.79. The molecule has 0 radical (unpaired) electrons. The van der Waals surface area contributed by atoms with Gasteiger partial charge in [-0.05, 0) is 44.6 Å². The van der Waals surface area contributed by atoms with Gasteiger partial charge < -0.3 is 4.74 Å². The average Bonchev–Trinajstić information content (AvgIpc) is 2.75. The van der Waals surface area contributed by atoms with Crippen molar-refractivity contribution in [1.29, 1.82) is 0 Å². The first-order chi connectivity index (χ1) is 8.50. The van der Waals surface area contributed by atoms with E-state index in [0.29, 0.717) is 12.5 Å². The third-order valence-electron chi connectivity index (χ3n) is 3.83. The minimum Gasteiger partial charge on any atom is -0.465 e.